The number of nitro groups is 1. The second kappa shape index (κ2) is 7.63. The Kier molecular flexibility index (Phi) is 5.73. The molecular weight excluding hydrogens is 358 g/mol. The SMILES string of the molecule is Cc1ccc(C)c(S(=O)(=O)N(C)CC(=O)Nc2cccc([N+](=O)[O-])c2)c1. The van der Waals surface area contributed by atoms with Crippen LogP contribution in [0.4, 0.5) is 11.4 Å². The molecule has 0 bridgehead atoms. The van der Waals surface area contributed by atoms with E-state index in [1.54, 1.807) is 26.0 Å². The highest BCUT2D eigenvalue weighted by atomic mass is 32.2. The van der Waals surface area contributed by atoms with Crippen molar-refractivity contribution in [3.05, 3.63) is 63.7 Å². The number of rotatable bonds is 6. The fourth-order valence-electron chi connectivity index (χ4n) is 2.34. The number of non-ortho nitro benzene ring substituents is 1. The molecule has 2 aromatic carbocycles. The van der Waals surface area contributed by atoms with Crippen molar-refractivity contribution in [1.29, 1.82) is 0 Å². The van der Waals surface area contributed by atoms with Gasteiger partial charge in [0.15, 0.2) is 0 Å². The van der Waals surface area contributed by atoms with E-state index >= 15 is 0 Å². The maximum absolute atomic E-state index is 12.7. The quantitative estimate of drug-likeness (QED) is 0.614. The smallest absolute Gasteiger partial charge is 0.271 e. The molecule has 2 rings (SSSR count). The van der Waals surface area contributed by atoms with Crippen molar-refractivity contribution in [2.75, 3.05) is 18.9 Å². The number of hydrogen-bond acceptors (Lipinski definition) is 5. The van der Waals surface area contributed by atoms with Crippen molar-refractivity contribution < 1.29 is 18.1 Å². The van der Waals surface area contributed by atoms with Gasteiger partial charge in [-0.05, 0) is 37.1 Å². The van der Waals surface area contributed by atoms with Crippen LogP contribution in [0.5, 0.6) is 0 Å². The molecule has 9 heteroatoms. The molecule has 0 aliphatic rings. The number of likely N-dealkylation sites (N-methyl/N-ethyl adjacent to an activating group) is 1. The lowest BCUT2D eigenvalue weighted by Crippen LogP contribution is -2.35. The molecule has 2 aromatic rings. The van der Waals surface area contributed by atoms with Gasteiger partial charge in [-0.3, -0.25) is 14.9 Å². The molecule has 26 heavy (non-hydrogen) atoms. The van der Waals surface area contributed by atoms with Crippen LogP contribution < -0.4 is 5.32 Å². The molecule has 0 unspecified atom stereocenters. The third-order valence-electron chi connectivity index (χ3n) is 3.74. The van der Waals surface area contributed by atoms with E-state index in [9.17, 15) is 23.3 Å². The third kappa shape index (κ3) is 4.44. The Labute approximate surface area is 151 Å². The van der Waals surface area contributed by atoms with Crippen LogP contribution in [-0.2, 0) is 14.8 Å². The molecule has 1 N–H and O–H groups in total. The van der Waals surface area contributed by atoms with Crippen LogP contribution in [0.2, 0.25) is 0 Å². The Morgan fingerprint density at radius 1 is 1.19 bits per heavy atom. The molecule has 0 heterocycles. The highest BCUT2D eigenvalue weighted by Crippen LogP contribution is 2.21. The minimum atomic E-state index is -3.84. The second-order valence-electron chi connectivity index (χ2n) is 5.89. The van der Waals surface area contributed by atoms with Crippen LogP contribution >= 0.6 is 0 Å². The van der Waals surface area contributed by atoms with Crippen LogP contribution in [0.15, 0.2) is 47.4 Å². The molecule has 0 fully saturated rings. The predicted molar refractivity (Wildman–Crippen MR) is 97.5 cm³/mol. The number of nitrogens with zero attached hydrogens (tertiary/aromatic N) is 2. The first-order valence-electron chi connectivity index (χ1n) is 7.69. The number of nitrogens with one attached hydrogen (secondary N) is 1. The van der Waals surface area contributed by atoms with E-state index in [1.165, 1.54) is 31.3 Å². The Balaban J connectivity index is 2.14. The van der Waals surface area contributed by atoms with Crippen molar-refractivity contribution in [3.8, 4) is 0 Å². The number of anilines is 1. The van der Waals surface area contributed by atoms with E-state index in [1.807, 2.05) is 6.07 Å². The Bertz CT molecular complexity index is 957. The summed E-state index contributed by atoms with van der Waals surface area (Å²) in [5.74, 6) is -0.595. The molecular formula is C17H19N3O5S. The van der Waals surface area contributed by atoms with Gasteiger partial charge in [-0.1, -0.05) is 18.2 Å². The molecule has 0 spiro atoms. The summed E-state index contributed by atoms with van der Waals surface area (Å²) in [4.78, 5) is 22.5. The fourth-order valence-corrected chi connectivity index (χ4v) is 3.77. The van der Waals surface area contributed by atoms with Crippen molar-refractivity contribution in [1.82, 2.24) is 4.31 Å². The number of aryl methyl sites for hydroxylation is 2. The summed E-state index contributed by atoms with van der Waals surface area (Å²) in [6.45, 7) is 3.05. The molecule has 8 nitrogen and oxygen atoms in total. The monoisotopic (exact) mass is 377 g/mol. The number of benzene rings is 2. The van der Waals surface area contributed by atoms with Crippen LogP contribution in [0, 0.1) is 24.0 Å². The average molecular weight is 377 g/mol. The van der Waals surface area contributed by atoms with Crippen molar-refractivity contribution >= 4 is 27.3 Å². The minimum Gasteiger partial charge on any atom is -0.325 e. The summed E-state index contributed by atoms with van der Waals surface area (Å²) in [6, 6.07) is 10.5. The number of amides is 1. The molecule has 0 aromatic heterocycles. The molecule has 0 aliphatic carbocycles. The highest BCUT2D eigenvalue weighted by molar-refractivity contribution is 7.89. The third-order valence-corrected chi connectivity index (χ3v) is 5.68. The zero-order chi connectivity index (χ0) is 19.5. The minimum absolute atomic E-state index is 0.142. The lowest BCUT2D eigenvalue weighted by Gasteiger charge is -2.18. The molecule has 138 valence electrons. The molecule has 0 atom stereocenters. The van der Waals surface area contributed by atoms with Crippen molar-refractivity contribution in [2.24, 2.45) is 0 Å². The topological polar surface area (TPSA) is 110 Å². The van der Waals surface area contributed by atoms with Gasteiger partial charge < -0.3 is 5.32 Å². The van der Waals surface area contributed by atoms with E-state index in [-0.39, 0.29) is 16.3 Å². The number of nitro benzene ring substituents is 1. The summed E-state index contributed by atoms with van der Waals surface area (Å²) < 4.78 is 26.3. The van der Waals surface area contributed by atoms with Crippen LogP contribution in [0.1, 0.15) is 11.1 Å². The lowest BCUT2D eigenvalue weighted by molar-refractivity contribution is -0.384. The number of sulfonamides is 1. The lowest BCUT2D eigenvalue weighted by atomic mass is 10.2. The van der Waals surface area contributed by atoms with E-state index in [4.69, 9.17) is 0 Å². The molecule has 0 radical (unpaired) electrons. The van der Waals surface area contributed by atoms with Gasteiger partial charge in [-0.2, -0.15) is 4.31 Å². The molecule has 0 saturated carbocycles. The van der Waals surface area contributed by atoms with Crippen molar-refractivity contribution in [2.45, 2.75) is 18.7 Å². The molecule has 1 amide bonds. The molecule has 0 aliphatic heterocycles. The van der Waals surface area contributed by atoms with Gasteiger partial charge in [0.05, 0.1) is 16.4 Å². The zero-order valence-electron chi connectivity index (χ0n) is 14.6. The summed E-state index contributed by atoms with van der Waals surface area (Å²) >= 11 is 0. The normalized spacial score (nSPS) is 11.4. The van der Waals surface area contributed by atoms with Crippen molar-refractivity contribution in [3.63, 3.8) is 0 Å². The largest absolute Gasteiger partial charge is 0.325 e. The molecule has 0 saturated heterocycles. The number of carbonyl (C=O) groups excluding carboxylic acids is 1. The van der Waals surface area contributed by atoms with Gasteiger partial charge in [-0.15, -0.1) is 0 Å². The summed E-state index contributed by atoms with van der Waals surface area (Å²) in [5.41, 5.74) is 1.44. The number of hydrogen-bond donors (Lipinski definition) is 1. The summed E-state index contributed by atoms with van der Waals surface area (Å²) in [7, 11) is -2.53. The first-order valence-corrected chi connectivity index (χ1v) is 9.13. The Morgan fingerprint density at radius 3 is 2.54 bits per heavy atom. The van der Waals surface area contributed by atoms with E-state index < -0.39 is 27.4 Å². The Morgan fingerprint density at radius 2 is 1.88 bits per heavy atom. The maximum atomic E-state index is 12.7. The average Bonchev–Trinajstić information content (AvgIpc) is 2.56. The first-order chi connectivity index (χ1) is 12.1. The van der Waals surface area contributed by atoms with Crippen LogP contribution in [0.25, 0.3) is 0 Å². The van der Waals surface area contributed by atoms with Crippen LogP contribution in [0.3, 0.4) is 0 Å². The fraction of sp³-hybridized carbons (Fsp3) is 0.235. The summed E-state index contributed by atoms with van der Waals surface area (Å²) in [5, 5.41) is 13.2. The van der Waals surface area contributed by atoms with E-state index in [2.05, 4.69) is 5.32 Å². The Hall–Kier alpha value is -2.78. The van der Waals surface area contributed by atoms with E-state index in [0.717, 1.165) is 9.87 Å². The van der Waals surface area contributed by atoms with Gasteiger partial charge in [0.1, 0.15) is 0 Å². The standard InChI is InChI=1S/C17H19N3O5S/c1-12-7-8-13(2)16(9-12)26(24,25)19(3)11-17(21)18-14-5-4-6-15(10-14)20(22)23/h4-10H,11H2,1-3H3,(H,18,21). The second-order valence-corrected chi connectivity index (χ2v) is 7.90. The van der Waals surface area contributed by atoms with Crippen LogP contribution in [-0.4, -0.2) is 37.1 Å². The predicted octanol–water partition coefficient (Wildman–Crippen LogP) is 2.47. The first kappa shape index (κ1) is 19.5. The van der Waals surface area contributed by atoms with E-state index in [0.29, 0.717) is 5.56 Å². The van der Waals surface area contributed by atoms with Gasteiger partial charge >= 0.3 is 0 Å². The zero-order valence-corrected chi connectivity index (χ0v) is 15.4. The van der Waals surface area contributed by atoms with Gasteiger partial charge in [0, 0.05) is 24.9 Å². The van der Waals surface area contributed by atoms with Gasteiger partial charge in [0.2, 0.25) is 15.9 Å². The maximum Gasteiger partial charge on any atom is 0.271 e. The van der Waals surface area contributed by atoms with Gasteiger partial charge in [0.25, 0.3) is 5.69 Å². The summed E-state index contributed by atoms with van der Waals surface area (Å²) in [6.07, 6.45) is 0. The van der Waals surface area contributed by atoms with Gasteiger partial charge in [-0.25, -0.2) is 8.42 Å². The highest BCUT2D eigenvalue weighted by Gasteiger charge is 2.25. The number of carbonyl (C=O) groups is 1.